The number of amides is 1. The van der Waals surface area contributed by atoms with Gasteiger partial charge in [-0.3, -0.25) is 4.79 Å². The van der Waals surface area contributed by atoms with E-state index >= 15 is 0 Å². The molecule has 150 valence electrons. The Morgan fingerprint density at radius 1 is 1.14 bits per heavy atom. The van der Waals surface area contributed by atoms with Crippen LogP contribution in [0.4, 0.5) is 4.39 Å². The van der Waals surface area contributed by atoms with Crippen LogP contribution in [0.2, 0.25) is 0 Å². The molecule has 6 nitrogen and oxygen atoms in total. The van der Waals surface area contributed by atoms with E-state index < -0.39 is 10.0 Å². The fraction of sp³-hybridized carbons (Fsp3) is 0.350. The predicted octanol–water partition coefficient (Wildman–Crippen LogP) is 2.65. The number of halogens is 1. The van der Waals surface area contributed by atoms with Crippen molar-refractivity contribution in [3.05, 3.63) is 65.0 Å². The third-order valence-electron chi connectivity index (χ3n) is 4.78. The summed E-state index contributed by atoms with van der Waals surface area (Å²) in [4.78, 5) is 12.8. The van der Waals surface area contributed by atoms with Gasteiger partial charge in [-0.05, 0) is 49.2 Å². The number of hydrogen-bond donors (Lipinski definition) is 1. The van der Waals surface area contributed by atoms with Crippen LogP contribution in [0, 0.1) is 12.7 Å². The molecule has 28 heavy (non-hydrogen) atoms. The molecule has 0 radical (unpaired) electrons. The number of nitrogens with one attached hydrogen (secondary N) is 1. The van der Waals surface area contributed by atoms with Crippen molar-refractivity contribution in [2.45, 2.75) is 24.8 Å². The average molecular weight is 406 g/mol. The molecule has 1 atom stereocenters. The van der Waals surface area contributed by atoms with Crippen LogP contribution in [-0.2, 0) is 14.8 Å². The molecule has 1 fully saturated rings. The second kappa shape index (κ2) is 8.38. The largest absolute Gasteiger partial charge is 0.379 e. The first kappa shape index (κ1) is 20.4. The van der Waals surface area contributed by atoms with Gasteiger partial charge in [0.15, 0.2) is 0 Å². The van der Waals surface area contributed by atoms with E-state index in [0.717, 1.165) is 5.56 Å². The topological polar surface area (TPSA) is 75.7 Å². The number of morpholine rings is 1. The number of nitrogens with zero attached hydrogens (tertiary/aromatic N) is 1. The van der Waals surface area contributed by atoms with Crippen LogP contribution in [0.1, 0.15) is 34.5 Å². The van der Waals surface area contributed by atoms with Gasteiger partial charge in [-0.25, -0.2) is 12.8 Å². The maximum absolute atomic E-state index is 13.1. The van der Waals surface area contributed by atoms with Crippen molar-refractivity contribution in [3.8, 4) is 0 Å². The molecule has 1 aliphatic rings. The highest BCUT2D eigenvalue weighted by atomic mass is 32.2. The molecule has 1 saturated heterocycles. The van der Waals surface area contributed by atoms with Crippen LogP contribution >= 0.6 is 0 Å². The molecule has 1 unspecified atom stereocenters. The fourth-order valence-corrected chi connectivity index (χ4v) is 4.49. The Hall–Kier alpha value is -2.29. The number of hydrogen-bond acceptors (Lipinski definition) is 4. The zero-order valence-electron chi connectivity index (χ0n) is 15.8. The molecule has 0 saturated carbocycles. The smallest absolute Gasteiger partial charge is 0.252 e. The monoisotopic (exact) mass is 406 g/mol. The van der Waals surface area contributed by atoms with Crippen molar-refractivity contribution in [2.75, 3.05) is 26.3 Å². The number of sulfonamides is 1. The van der Waals surface area contributed by atoms with Crippen LogP contribution in [-0.4, -0.2) is 44.9 Å². The van der Waals surface area contributed by atoms with Gasteiger partial charge < -0.3 is 10.1 Å². The fourth-order valence-electron chi connectivity index (χ4n) is 3.05. The average Bonchev–Trinajstić information content (AvgIpc) is 2.69. The summed E-state index contributed by atoms with van der Waals surface area (Å²) in [7, 11) is -3.69. The Balaban J connectivity index is 1.82. The van der Waals surface area contributed by atoms with Gasteiger partial charge in [0.1, 0.15) is 5.82 Å². The van der Waals surface area contributed by atoms with Crippen molar-refractivity contribution in [3.63, 3.8) is 0 Å². The van der Waals surface area contributed by atoms with Crippen molar-refractivity contribution >= 4 is 15.9 Å². The Labute approximate surface area is 164 Å². The summed E-state index contributed by atoms with van der Waals surface area (Å²) in [5, 5.41) is 2.84. The zero-order chi connectivity index (χ0) is 20.3. The van der Waals surface area contributed by atoms with Crippen LogP contribution < -0.4 is 5.32 Å². The van der Waals surface area contributed by atoms with Crippen molar-refractivity contribution in [2.24, 2.45) is 0 Å². The molecule has 1 amide bonds. The highest BCUT2D eigenvalue weighted by molar-refractivity contribution is 7.89. The van der Waals surface area contributed by atoms with Gasteiger partial charge in [0, 0.05) is 18.7 Å². The Morgan fingerprint density at radius 3 is 2.43 bits per heavy atom. The van der Waals surface area contributed by atoms with E-state index in [1.54, 1.807) is 32.0 Å². The third-order valence-corrected chi connectivity index (χ3v) is 6.67. The second-order valence-corrected chi connectivity index (χ2v) is 8.68. The minimum absolute atomic E-state index is 0.0829. The summed E-state index contributed by atoms with van der Waals surface area (Å²) < 4.78 is 45.4. The summed E-state index contributed by atoms with van der Waals surface area (Å²) in [5.74, 6) is -0.729. The first-order valence-corrected chi connectivity index (χ1v) is 10.5. The molecule has 1 aliphatic heterocycles. The predicted molar refractivity (Wildman–Crippen MR) is 103 cm³/mol. The van der Waals surface area contributed by atoms with Gasteiger partial charge in [-0.2, -0.15) is 4.31 Å². The van der Waals surface area contributed by atoms with Crippen molar-refractivity contribution in [1.82, 2.24) is 9.62 Å². The zero-order valence-corrected chi connectivity index (χ0v) is 16.6. The minimum Gasteiger partial charge on any atom is -0.379 e. The van der Waals surface area contributed by atoms with Gasteiger partial charge in [0.05, 0.1) is 24.2 Å². The summed E-state index contributed by atoms with van der Waals surface area (Å²) in [6.07, 6.45) is 0. The summed E-state index contributed by atoms with van der Waals surface area (Å²) in [5.41, 5.74) is 1.72. The van der Waals surface area contributed by atoms with E-state index in [9.17, 15) is 17.6 Å². The van der Waals surface area contributed by atoms with E-state index in [1.807, 2.05) is 0 Å². The van der Waals surface area contributed by atoms with E-state index in [1.165, 1.54) is 28.6 Å². The van der Waals surface area contributed by atoms with E-state index in [2.05, 4.69) is 5.32 Å². The van der Waals surface area contributed by atoms with Crippen molar-refractivity contribution < 1.29 is 22.3 Å². The van der Waals surface area contributed by atoms with Gasteiger partial charge in [0.2, 0.25) is 10.0 Å². The van der Waals surface area contributed by atoms with E-state index in [4.69, 9.17) is 4.74 Å². The van der Waals surface area contributed by atoms with Crippen LogP contribution in [0.25, 0.3) is 0 Å². The standard InChI is InChI=1S/C20H23FN2O4S/c1-14-3-8-18(28(25,26)23-9-11-27-12-10-23)13-19(14)20(24)22-15(2)16-4-6-17(21)7-5-16/h3-8,13,15H,9-12H2,1-2H3,(H,22,24). The summed E-state index contributed by atoms with van der Waals surface area (Å²) in [6.45, 7) is 4.83. The number of rotatable bonds is 5. The van der Waals surface area contributed by atoms with E-state index in [0.29, 0.717) is 37.4 Å². The molecule has 2 aromatic carbocycles. The molecule has 8 heteroatoms. The lowest BCUT2D eigenvalue weighted by atomic mass is 10.1. The number of ether oxygens (including phenoxy) is 1. The first-order chi connectivity index (χ1) is 13.3. The highest BCUT2D eigenvalue weighted by Gasteiger charge is 2.27. The van der Waals surface area contributed by atoms with Crippen LogP contribution in [0.3, 0.4) is 0 Å². The lowest BCUT2D eigenvalue weighted by molar-refractivity contribution is 0.0730. The van der Waals surface area contributed by atoms with E-state index in [-0.39, 0.29) is 22.7 Å². The van der Waals surface area contributed by atoms with Gasteiger partial charge in [-0.1, -0.05) is 18.2 Å². The Bertz CT molecular complexity index is 955. The normalized spacial score (nSPS) is 16.5. The molecule has 2 aromatic rings. The van der Waals surface area contributed by atoms with Crippen LogP contribution in [0.15, 0.2) is 47.4 Å². The SMILES string of the molecule is Cc1ccc(S(=O)(=O)N2CCOCC2)cc1C(=O)NC(C)c1ccc(F)cc1. The highest BCUT2D eigenvalue weighted by Crippen LogP contribution is 2.21. The molecule has 3 rings (SSSR count). The molecule has 1 N–H and O–H groups in total. The lowest BCUT2D eigenvalue weighted by Gasteiger charge is -2.26. The van der Waals surface area contributed by atoms with Crippen molar-refractivity contribution in [1.29, 1.82) is 0 Å². The number of carbonyl (C=O) groups excluding carboxylic acids is 1. The number of carbonyl (C=O) groups is 1. The number of benzene rings is 2. The quantitative estimate of drug-likeness (QED) is 0.828. The molecule has 0 aromatic heterocycles. The van der Waals surface area contributed by atoms with Gasteiger partial charge >= 0.3 is 0 Å². The van der Waals surface area contributed by atoms with Gasteiger partial charge in [-0.15, -0.1) is 0 Å². The summed E-state index contributed by atoms with van der Waals surface area (Å²) >= 11 is 0. The molecule has 0 bridgehead atoms. The molecule has 0 aliphatic carbocycles. The summed E-state index contributed by atoms with van der Waals surface area (Å²) in [6, 6.07) is 10.1. The molecular weight excluding hydrogens is 383 g/mol. The Kier molecular flexibility index (Phi) is 6.12. The molecule has 1 heterocycles. The maximum atomic E-state index is 13.1. The first-order valence-electron chi connectivity index (χ1n) is 9.04. The minimum atomic E-state index is -3.69. The lowest BCUT2D eigenvalue weighted by Crippen LogP contribution is -2.40. The van der Waals surface area contributed by atoms with Gasteiger partial charge in [0.25, 0.3) is 5.91 Å². The third kappa shape index (κ3) is 4.40. The number of aryl methyl sites for hydroxylation is 1. The molecular formula is C20H23FN2O4S. The Morgan fingerprint density at radius 2 is 1.79 bits per heavy atom. The maximum Gasteiger partial charge on any atom is 0.252 e. The second-order valence-electron chi connectivity index (χ2n) is 6.74. The molecule has 0 spiro atoms. The van der Waals surface area contributed by atoms with Crippen LogP contribution in [0.5, 0.6) is 0 Å².